The SMILES string of the molecule is CC(=O)N[C@H]1[C@H](OC[C@H]2O[C@@H](OCc3ccc(COC(C)=O)cc3)[C@H](OC(C)=O)[C@@H](OC(C)=O)[C@H]2OC(C)=O)O[C@H](COC(C)=O)[C@@H](OC(C)=O)[C@@H]1OC(C)=O. The Morgan fingerprint density at radius 1 is 0.482 bits per heavy atom. The van der Waals surface area contributed by atoms with Gasteiger partial charge in [0.05, 0.1) is 13.2 Å². The van der Waals surface area contributed by atoms with Crippen molar-refractivity contribution in [2.24, 2.45) is 0 Å². The molecule has 310 valence electrons. The Bertz CT molecular complexity index is 1580. The predicted octanol–water partition coefficient (Wildman–Crippen LogP) is 0.459. The van der Waals surface area contributed by atoms with Gasteiger partial charge in [-0.2, -0.15) is 0 Å². The van der Waals surface area contributed by atoms with Gasteiger partial charge in [0.1, 0.15) is 31.5 Å². The van der Waals surface area contributed by atoms with E-state index in [1.807, 2.05) is 0 Å². The zero-order valence-corrected chi connectivity index (χ0v) is 32.2. The molecule has 0 spiro atoms. The normalized spacial score (nSPS) is 27.1. The maximum Gasteiger partial charge on any atom is 0.303 e. The van der Waals surface area contributed by atoms with Crippen LogP contribution in [0, 0.1) is 0 Å². The molecular formula is C36H47NO19. The van der Waals surface area contributed by atoms with E-state index in [0.29, 0.717) is 11.1 Å². The fraction of sp³-hybridized carbons (Fsp3) is 0.611. The monoisotopic (exact) mass is 797 g/mol. The van der Waals surface area contributed by atoms with Gasteiger partial charge in [0.25, 0.3) is 0 Å². The molecule has 0 aromatic heterocycles. The van der Waals surface area contributed by atoms with Crippen LogP contribution in [0.4, 0.5) is 0 Å². The van der Waals surface area contributed by atoms with E-state index in [9.17, 15) is 38.4 Å². The van der Waals surface area contributed by atoms with Crippen LogP contribution in [0.15, 0.2) is 24.3 Å². The third kappa shape index (κ3) is 14.2. The quantitative estimate of drug-likeness (QED) is 0.176. The Hall–Kier alpha value is -5.18. The van der Waals surface area contributed by atoms with Gasteiger partial charge in [0, 0.05) is 55.4 Å². The minimum atomic E-state index is -1.56. The third-order valence-electron chi connectivity index (χ3n) is 7.87. The van der Waals surface area contributed by atoms with Crippen molar-refractivity contribution in [2.45, 2.75) is 130 Å². The first-order valence-electron chi connectivity index (χ1n) is 17.4. The molecular weight excluding hydrogens is 750 g/mol. The molecule has 0 radical (unpaired) electrons. The zero-order valence-electron chi connectivity index (χ0n) is 32.2. The van der Waals surface area contributed by atoms with Crippen LogP contribution < -0.4 is 5.32 Å². The van der Waals surface area contributed by atoms with Crippen molar-refractivity contribution in [1.29, 1.82) is 0 Å². The Kier molecular flexibility index (Phi) is 17.1. The molecule has 20 heteroatoms. The average molecular weight is 798 g/mol. The lowest BCUT2D eigenvalue weighted by molar-refractivity contribution is -0.326. The van der Waals surface area contributed by atoms with Gasteiger partial charge >= 0.3 is 41.8 Å². The topological polar surface area (TPSA) is 250 Å². The average Bonchev–Trinajstić information content (AvgIpc) is 3.08. The number of carbonyl (C=O) groups excluding carboxylic acids is 8. The first kappa shape index (κ1) is 45.2. The van der Waals surface area contributed by atoms with E-state index in [2.05, 4.69) is 5.32 Å². The molecule has 0 saturated carbocycles. The minimum Gasteiger partial charge on any atom is -0.463 e. The van der Waals surface area contributed by atoms with Crippen LogP contribution in [0.5, 0.6) is 0 Å². The molecule has 10 atom stereocenters. The van der Waals surface area contributed by atoms with E-state index in [0.717, 1.165) is 48.5 Å². The summed E-state index contributed by atoms with van der Waals surface area (Å²) in [4.78, 5) is 96.9. The summed E-state index contributed by atoms with van der Waals surface area (Å²) < 4.78 is 62.1. The lowest BCUT2D eigenvalue weighted by Crippen LogP contribution is -2.67. The van der Waals surface area contributed by atoms with Gasteiger partial charge in [-0.05, 0) is 11.1 Å². The number of hydrogen-bond acceptors (Lipinski definition) is 19. The molecule has 2 aliphatic rings. The van der Waals surface area contributed by atoms with Crippen LogP contribution in [0.25, 0.3) is 0 Å². The van der Waals surface area contributed by atoms with Crippen molar-refractivity contribution in [3.8, 4) is 0 Å². The smallest absolute Gasteiger partial charge is 0.303 e. The molecule has 0 unspecified atom stereocenters. The largest absolute Gasteiger partial charge is 0.463 e. The highest BCUT2D eigenvalue weighted by Crippen LogP contribution is 2.33. The van der Waals surface area contributed by atoms with E-state index in [1.54, 1.807) is 24.3 Å². The fourth-order valence-corrected chi connectivity index (χ4v) is 5.84. The van der Waals surface area contributed by atoms with E-state index in [1.165, 1.54) is 6.92 Å². The molecule has 1 aromatic carbocycles. The van der Waals surface area contributed by atoms with Crippen LogP contribution in [0.3, 0.4) is 0 Å². The molecule has 0 bridgehead atoms. The molecule has 20 nitrogen and oxygen atoms in total. The van der Waals surface area contributed by atoms with Crippen molar-refractivity contribution >= 4 is 47.7 Å². The zero-order chi connectivity index (χ0) is 41.7. The molecule has 3 rings (SSSR count). The van der Waals surface area contributed by atoms with E-state index >= 15 is 0 Å². The summed E-state index contributed by atoms with van der Waals surface area (Å²) in [5.74, 6) is -5.96. The number of nitrogens with one attached hydrogen (secondary N) is 1. The lowest BCUT2D eigenvalue weighted by atomic mass is 9.95. The number of hydrogen-bond donors (Lipinski definition) is 1. The van der Waals surface area contributed by atoms with Gasteiger partial charge in [0.2, 0.25) is 5.91 Å². The second-order valence-electron chi connectivity index (χ2n) is 12.7. The number of carbonyl (C=O) groups is 8. The summed E-state index contributed by atoms with van der Waals surface area (Å²) >= 11 is 0. The van der Waals surface area contributed by atoms with Crippen LogP contribution in [0.2, 0.25) is 0 Å². The summed E-state index contributed by atoms with van der Waals surface area (Å²) in [6, 6.07) is 5.40. The van der Waals surface area contributed by atoms with Crippen LogP contribution >= 0.6 is 0 Å². The van der Waals surface area contributed by atoms with Crippen molar-refractivity contribution in [3.05, 3.63) is 35.4 Å². The van der Waals surface area contributed by atoms with Gasteiger partial charge < -0.3 is 57.4 Å². The van der Waals surface area contributed by atoms with Crippen molar-refractivity contribution in [2.75, 3.05) is 13.2 Å². The molecule has 2 aliphatic heterocycles. The summed E-state index contributed by atoms with van der Waals surface area (Å²) in [5.41, 5.74) is 1.30. The van der Waals surface area contributed by atoms with Crippen molar-refractivity contribution in [3.63, 3.8) is 0 Å². The summed E-state index contributed by atoms with van der Waals surface area (Å²) in [7, 11) is 0. The second-order valence-corrected chi connectivity index (χ2v) is 12.7. The van der Waals surface area contributed by atoms with Gasteiger partial charge in [-0.3, -0.25) is 38.4 Å². The Labute approximate surface area is 321 Å². The number of rotatable bonds is 16. The van der Waals surface area contributed by atoms with Crippen molar-refractivity contribution < 1.29 is 90.5 Å². The standard InChI is InChI=1S/C36H47NO19/c1-17(38)37-29-32(52-22(6)43)30(50-20(4)41)27(15-47-19(3)40)55-35(29)49-16-28-31(51-21(5)42)33(53-23(7)44)34(54-24(8)45)36(56-28)48-14-26-11-9-25(10-12-26)13-46-18(2)39/h9-12,27-36H,13-16H2,1-8H3,(H,37,38)/t27-,28-,29-,30-,31+,32-,33+,34-,35-,36-/m1/s1. The number of ether oxygens (including phenoxy) is 11. The van der Waals surface area contributed by atoms with E-state index < -0.39 is 122 Å². The number of benzene rings is 1. The molecule has 1 amide bonds. The first-order chi connectivity index (χ1) is 26.3. The molecule has 56 heavy (non-hydrogen) atoms. The third-order valence-corrected chi connectivity index (χ3v) is 7.87. The summed E-state index contributed by atoms with van der Waals surface area (Å²) in [5, 5.41) is 2.57. The van der Waals surface area contributed by atoms with Gasteiger partial charge in [-0.1, -0.05) is 24.3 Å². The van der Waals surface area contributed by atoms with E-state index in [-0.39, 0.29) is 13.2 Å². The van der Waals surface area contributed by atoms with Gasteiger partial charge in [0.15, 0.2) is 43.1 Å². The second kappa shape index (κ2) is 21.2. The maximum atomic E-state index is 12.4. The predicted molar refractivity (Wildman–Crippen MR) is 182 cm³/mol. The Morgan fingerprint density at radius 3 is 1.41 bits per heavy atom. The van der Waals surface area contributed by atoms with Crippen LogP contribution in [0.1, 0.15) is 66.5 Å². The summed E-state index contributed by atoms with van der Waals surface area (Å²) in [6.07, 6.45) is -13.1. The van der Waals surface area contributed by atoms with Gasteiger partial charge in [-0.25, -0.2) is 0 Å². The Balaban J connectivity index is 2.01. The van der Waals surface area contributed by atoms with Crippen LogP contribution in [-0.4, -0.2) is 122 Å². The highest BCUT2D eigenvalue weighted by Gasteiger charge is 2.55. The fourth-order valence-electron chi connectivity index (χ4n) is 5.84. The highest BCUT2D eigenvalue weighted by atomic mass is 16.8. The molecule has 0 aliphatic carbocycles. The highest BCUT2D eigenvalue weighted by molar-refractivity contribution is 5.74. The number of amides is 1. The molecule has 1 N–H and O–H groups in total. The number of esters is 7. The minimum absolute atomic E-state index is 0.0457. The molecule has 2 saturated heterocycles. The Morgan fingerprint density at radius 2 is 0.911 bits per heavy atom. The first-order valence-corrected chi connectivity index (χ1v) is 17.4. The molecule has 2 heterocycles. The lowest BCUT2D eigenvalue weighted by Gasteiger charge is -2.46. The molecule has 2 fully saturated rings. The van der Waals surface area contributed by atoms with Gasteiger partial charge in [-0.15, -0.1) is 0 Å². The van der Waals surface area contributed by atoms with Crippen LogP contribution in [-0.2, 0) is 104 Å². The maximum absolute atomic E-state index is 12.4. The van der Waals surface area contributed by atoms with Crippen molar-refractivity contribution in [1.82, 2.24) is 5.32 Å². The summed E-state index contributed by atoms with van der Waals surface area (Å²) in [6.45, 7) is 7.78. The molecule has 1 aromatic rings. The van der Waals surface area contributed by atoms with E-state index in [4.69, 9.17) is 52.1 Å².